The second-order valence-corrected chi connectivity index (χ2v) is 3.58. The minimum Gasteiger partial charge on any atom is -0.377 e. The maximum atomic E-state index is 5.35. The molecule has 0 amide bonds. The van der Waals surface area contributed by atoms with Crippen LogP contribution in [-0.4, -0.2) is 24.2 Å². The third kappa shape index (κ3) is 3.69. The highest BCUT2D eigenvalue weighted by molar-refractivity contribution is 7.13. The summed E-state index contributed by atoms with van der Waals surface area (Å²) in [6.45, 7) is 5.62. The molecule has 1 aromatic rings. The molecule has 1 rings (SSSR count). The summed E-state index contributed by atoms with van der Waals surface area (Å²) in [4.78, 5) is 4.08. The molecule has 0 bridgehead atoms. The molecule has 0 radical (unpaired) electrons. The number of aromatic nitrogens is 1. The maximum Gasteiger partial charge on any atom is 0.182 e. The van der Waals surface area contributed by atoms with Crippen LogP contribution in [0.2, 0.25) is 0 Å². The molecule has 0 saturated heterocycles. The highest BCUT2D eigenvalue weighted by Crippen LogP contribution is 2.09. The maximum absolute atomic E-state index is 5.35. The molecule has 68 valence electrons. The van der Waals surface area contributed by atoms with Crippen LogP contribution in [0.3, 0.4) is 0 Å². The summed E-state index contributed by atoms with van der Waals surface area (Å²) in [7, 11) is 0. The summed E-state index contributed by atoms with van der Waals surface area (Å²) in [5.41, 5.74) is 0. The Morgan fingerprint density at radius 3 is 3.08 bits per heavy atom. The van der Waals surface area contributed by atoms with Crippen LogP contribution in [0.5, 0.6) is 0 Å². The second-order valence-electron chi connectivity index (χ2n) is 2.68. The molecule has 4 heteroatoms. The Hall–Kier alpha value is -0.610. The fraction of sp³-hybridized carbons (Fsp3) is 0.625. The molecule has 0 aliphatic carbocycles. The SMILES string of the molecule is CC(C)OCCNc1nccs1. The summed E-state index contributed by atoms with van der Waals surface area (Å²) in [5, 5.41) is 6.07. The van der Waals surface area contributed by atoms with Crippen molar-refractivity contribution in [3.8, 4) is 0 Å². The van der Waals surface area contributed by atoms with Gasteiger partial charge in [0, 0.05) is 18.1 Å². The van der Waals surface area contributed by atoms with E-state index in [1.807, 2.05) is 19.2 Å². The molecule has 1 N–H and O–H groups in total. The molecular formula is C8H14N2OS. The van der Waals surface area contributed by atoms with Crippen molar-refractivity contribution in [3.63, 3.8) is 0 Å². The van der Waals surface area contributed by atoms with Gasteiger partial charge in [0.25, 0.3) is 0 Å². The van der Waals surface area contributed by atoms with Gasteiger partial charge in [0.1, 0.15) is 0 Å². The zero-order valence-electron chi connectivity index (χ0n) is 7.41. The Balaban J connectivity index is 2.04. The van der Waals surface area contributed by atoms with Crippen molar-refractivity contribution in [2.45, 2.75) is 20.0 Å². The Kier molecular flexibility index (Phi) is 4.04. The van der Waals surface area contributed by atoms with Gasteiger partial charge in [-0.2, -0.15) is 0 Å². The summed E-state index contributed by atoms with van der Waals surface area (Å²) in [6, 6.07) is 0. The van der Waals surface area contributed by atoms with E-state index in [0.29, 0.717) is 6.10 Å². The highest BCUT2D eigenvalue weighted by Gasteiger charge is 1.94. The predicted octanol–water partition coefficient (Wildman–Crippen LogP) is 1.98. The van der Waals surface area contributed by atoms with Gasteiger partial charge in [0.05, 0.1) is 12.7 Å². The Bertz CT molecular complexity index is 199. The number of anilines is 1. The number of nitrogens with zero attached hydrogens (tertiary/aromatic N) is 1. The molecule has 0 unspecified atom stereocenters. The van der Waals surface area contributed by atoms with Crippen LogP contribution in [0.15, 0.2) is 11.6 Å². The molecule has 12 heavy (non-hydrogen) atoms. The third-order valence-electron chi connectivity index (χ3n) is 1.26. The first-order chi connectivity index (χ1) is 5.79. The zero-order valence-corrected chi connectivity index (χ0v) is 8.23. The van der Waals surface area contributed by atoms with E-state index in [2.05, 4.69) is 10.3 Å². The van der Waals surface area contributed by atoms with Gasteiger partial charge < -0.3 is 10.1 Å². The van der Waals surface area contributed by atoms with Crippen molar-refractivity contribution in [1.29, 1.82) is 0 Å². The first kappa shape index (κ1) is 9.48. The number of ether oxygens (including phenoxy) is 1. The molecule has 1 heterocycles. The van der Waals surface area contributed by atoms with Crippen molar-refractivity contribution in [1.82, 2.24) is 4.98 Å². The Morgan fingerprint density at radius 1 is 1.67 bits per heavy atom. The van der Waals surface area contributed by atoms with Crippen LogP contribution in [0.25, 0.3) is 0 Å². The molecule has 0 aliphatic rings. The fourth-order valence-electron chi connectivity index (χ4n) is 0.763. The van der Waals surface area contributed by atoms with Gasteiger partial charge in [-0.3, -0.25) is 0 Å². The van der Waals surface area contributed by atoms with Crippen LogP contribution in [-0.2, 0) is 4.74 Å². The smallest absolute Gasteiger partial charge is 0.182 e. The average molecular weight is 186 g/mol. The standard InChI is InChI=1S/C8H14N2OS/c1-7(2)11-5-3-9-8-10-4-6-12-8/h4,6-7H,3,5H2,1-2H3,(H,9,10). The molecule has 0 aromatic carbocycles. The highest BCUT2D eigenvalue weighted by atomic mass is 32.1. The van der Waals surface area contributed by atoms with E-state index >= 15 is 0 Å². The van der Waals surface area contributed by atoms with Crippen molar-refractivity contribution in [2.75, 3.05) is 18.5 Å². The van der Waals surface area contributed by atoms with Crippen LogP contribution in [0, 0.1) is 0 Å². The third-order valence-corrected chi connectivity index (χ3v) is 1.99. The molecule has 3 nitrogen and oxygen atoms in total. The Labute approximate surface area is 76.8 Å². The van der Waals surface area contributed by atoms with Gasteiger partial charge in [-0.05, 0) is 13.8 Å². The topological polar surface area (TPSA) is 34.1 Å². The monoisotopic (exact) mass is 186 g/mol. The van der Waals surface area contributed by atoms with E-state index in [4.69, 9.17) is 4.74 Å². The quantitative estimate of drug-likeness (QED) is 0.714. The van der Waals surface area contributed by atoms with E-state index in [9.17, 15) is 0 Å². The number of nitrogens with one attached hydrogen (secondary N) is 1. The van der Waals surface area contributed by atoms with Crippen molar-refractivity contribution < 1.29 is 4.74 Å². The summed E-state index contributed by atoms with van der Waals surface area (Å²) >= 11 is 1.60. The molecule has 0 fully saturated rings. The first-order valence-corrected chi connectivity index (χ1v) is 4.92. The van der Waals surface area contributed by atoms with Gasteiger partial charge in [-0.25, -0.2) is 4.98 Å². The van der Waals surface area contributed by atoms with Crippen molar-refractivity contribution >= 4 is 16.5 Å². The molecular weight excluding hydrogens is 172 g/mol. The lowest BCUT2D eigenvalue weighted by atomic mass is 10.5. The summed E-state index contributed by atoms with van der Waals surface area (Å²) in [6.07, 6.45) is 2.10. The van der Waals surface area contributed by atoms with Crippen molar-refractivity contribution in [3.05, 3.63) is 11.6 Å². The summed E-state index contributed by atoms with van der Waals surface area (Å²) in [5.74, 6) is 0. The molecule has 0 saturated carbocycles. The normalized spacial score (nSPS) is 10.6. The number of rotatable bonds is 5. The van der Waals surface area contributed by atoms with Crippen LogP contribution in [0.4, 0.5) is 5.13 Å². The second kappa shape index (κ2) is 5.11. The van der Waals surface area contributed by atoms with Gasteiger partial charge in [-0.1, -0.05) is 0 Å². The van der Waals surface area contributed by atoms with E-state index in [0.717, 1.165) is 18.3 Å². The lowest BCUT2D eigenvalue weighted by Crippen LogP contribution is -2.12. The van der Waals surface area contributed by atoms with Crippen LogP contribution in [0.1, 0.15) is 13.8 Å². The van der Waals surface area contributed by atoms with E-state index in [-0.39, 0.29) is 0 Å². The minimum absolute atomic E-state index is 0.308. The van der Waals surface area contributed by atoms with E-state index in [1.165, 1.54) is 0 Å². The zero-order chi connectivity index (χ0) is 8.81. The van der Waals surface area contributed by atoms with Gasteiger partial charge in [0.2, 0.25) is 0 Å². The first-order valence-electron chi connectivity index (χ1n) is 4.04. The molecule has 0 atom stereocenters. The number of hydrogen-bond acceptors (Lipinski definition) is 4. The molecule has 0 spiro atoms. The van der Waals surface area contributed by atoms with Crippen LogP contribution >= 0.6 is 11.3 Å². The Morgan fingerprint density at radius 2 is 2.50 bits per heavy atom. The lowest BCUT2D eigenvalue weighted by Gasteiger charge is -2.07. The minimum atomic E-state index is 0.308. The fourth-order valence-corrected chi connectivity index (χ4v) is 1.32. The molecule has 0 aliphatic heterocycles. The van der Waals surface area contributed by atoms with E-state index in [1.54, 1.807) is 17.5 Å². The van der Waals surface area contributed by atoms with Gasteiger partial charge in [0.15, 0.2) is 5.13 Å². The molecule has 1 aromatic heterocycles. The van der Waals surface area contributed by atoms with Crippen molar-refractivity contribution in [2.24, 2.45) is 0 Å². The lowest BCUT2D eigenvalue weighted by molar-refractivity contribution is 0.0870. The van der Waals surface area contributed by atoms with Gasteiger partial charge in [-0.15, -0.1) is 11.3 Å². The average Bonchev–Trinajstić information content (AvgIpc) is 2.49. The largest absolute Gasteiger partial charge is 0.377 e. The number of thiazole rings is 1. The van der Waals surface area contributed by atoms with Crippen LogP contribution < -0.4 is 5.32 Å². The predicted molar refractivity (Wildman–Crippen MR) is 51.7 cm³/mol. The summed E-state index contributed by atoms with van der Waals surface area (Å²) < 4.78 is 5.35. The van der Waals surface area contributed by atoms with E-state index < -0.39 is 0 Å². The van der Waals surface area contributed by atoms with Gasteiger partial charge >= 0.3 is 0 Å². The number of hydrogen-bond donors (Lipinski definition) is 1.